The highest BCUT2D eigenvalue weighted by Crippen LogP contribution is 2.60. The number of ether oxygens (including phenoxy) is 7. The zero-order valence-electron chi connectivity index (χ0n) is 32.8. The number of nitrogens with two attached hydrogens (primary N) is 2. The van der Waals surface area contributed by atoms with Crippen LogP contribution in [0.1, 0.15) is 52.7 Å². The van der Waals surface area contributed by atoms with Crippen LogP contribution in [0.4, 0.5) is 0 Å². The number of aliphatic imine (C=N–C) groups is 1. The lowest BCUT2D eigenvalue weighted by Gasteiger charge is -2.49. The van der Waals surface area contributed by atoms with E-state index in [1.807, 2.05) is 48.5 Å². The van der Waals surface area contributed by atoms with Gasteiger partial charge in [-0.25, -0.2) is 0 Å². The summed E-state index contributed by atoms with van der Waals surface area (Å²) in [6.07, 6.45) is -6.00. The van der Waals surface area contributed by atoms with Crippen molar-refractivity contribution in [3.63, 3.8) is 0 Å². The molecule has 1 saturated heterocycles. The molecule has 0 aromatic heterocycles. The predicted molar refractivity (Wildman–Crippen MR) is 207 cm³/mol. The number of hydrogen-bond donors (Lipinski definition) is 6. The van der Waals surface area contributed by atoms with Gasteiger partial charge in [0.1, 0.15) is 67.0 Å². The molecule has 6 aliphatic rings. The largest absolute Gasteiger partial charge is 0.550 e. The number of nitrogens with one attached hydrogen (secondary N) is 1. The molecule has 60 heavy (non-hydrogen) atoms. The number of carbonyl (C=O) groups is 2. The fraction of sp³-hybridized carbons (Fsp3) is 0.419. The van der Waals surface area contributed by atoms with E-state index in [4.69, 9.17) is 44.6 Å². The van der Waals surface area contributed by atoms with Crippen LogP contribution >= 0.6 is 0 Å². The van der Waals surface area contributed by atoms with Gasteiger partial charge in [0.25, 0.3) is 0 Å². The maximum atomic E-state index is 12.4. The molecule has 3 aromatic rings. The highest BCUT2D eigenvalue weighted by molar-refractivity contribution is 6.06. The van der Waals surface area contributed by atoms with Crippen LogP contribution in [0.5, 0.6) is 28.7 Å². The van der Waals surface area contributed by atoms with Gasteiger partial charge in [-0.1, -0.05) is 36.4 Å². The Labute approximate surface area is 344 Å². The quantitative estimate of drug-likeness (QED) is 0.0769. The third-order valence-electron chi connectivity index (χ3n) is 12.3. The Hall–Kier alpha value is -5.53. The molecule has 0 saturated carbocycles. The summed E-state index contributed by atoms with van der Waals surface area (Å²) in [4.78, 5) is 29.2. The van der Waals surface area contributed by atoms with Crippen molar-refractivity contribution in [3.8, 4) is 28.7 Å². The van der Waals surface area contributed by atoms with Gasteiger partial charge in [-0.05, 0) is 30.5 Å². The van der Waals surface area contributed by atoms with Gasteiger partial charge in [0.2, 0.25) is 12.0 Å². The first-order valence-corrected chi connectivity index (χ1v) is 19.8. The second kappa shape index (κ2) is 15.5. The van der Waals surface area contributed by atoms with Crippen LogP contribution in [-0.4, -0.2) is 102 Å². The Balaban J connectivity index is 1.16. The van der Waals surface area contributed by atoms with Crippen molar-refractivity contribution >= 4 is 17.7 Å². The molecule has 0 amide bonds. The van der Waals surface area contributed by atoms with E-state index in [0.29, 0.717) is 48.1 Å². The van der Waals surface area contributed by atoms with Crippen molar-refractivity contribution in [1.82, 2.24) is 0 Å². The fourth-order valence-electron chi connectivity index (χ4n) is 9.50. The molecule has 17 nitrogen and oxygen atoms in total. The molecule has 6 heterocycles. The second-order valence-corrected chi connectivity index (χ2v) is 15.9. The Bertz CT molecular complexity index is 2300. The van der Waals surface area contributed by atoms with Crippen LogP contribution in [0, 0.1) is 0 Å². The maximum Gasteiger partial charge on any atom is 0.311 e. The van der Waals surface area contributed by atoms with Crippen LogP contribution < -0.4 is 45.2 Å². The standard InChI is InChI=1S/C43H46N4O13/c1-54-26-9-8-23-32-28(14-20-6-4-3-5-7-20)56-29-15-27-22(24(18-47-17-21-11-13-46-25(21)19-47)33(29)37(32)59-35(23)36(26)55-2)10-12-43(53)40(52)34(51)38(60-42(43)57-27)39(41(44)45)58-31(50)16-30(48)49/h3-9,11,13,15,17,28,32,34,37-42,51-53H,10,12,14,16,18-19,44-45H2,1-2H3,(H,48,49)/t28-,32+,34+,37-,38-,39-,40-,42-,43+/m0/s1. The second-order valence-electron chi connectivity index (χ2n) is 15.9. The number of benzene rings is 3. The summed E-state index contributed by atoms with van der Waals surface area (Å²) in [5.41, 5.74) is 15.9. The highest BCUT2D eigenvalue weighted by atomic mass is 16.7. The molecular formula is C43H46N4O13. The SMILES string of the molecule is COc1ccc2c(c1OC)O[C@@H]1c3c(cc4c(c3C[NH+]3C=C5C=CN=C5C3)CC[C@]3(O)[C@@H](O4)O[C@H]([C@H](OC(=O)CC(=O)[O-])C(N)N)[C@@H](O)[C@@H]3O)O[C@@H](Cc3ccccc3)[C@@H]21. The number of aliphatic carboxylic acids is 1. The van der Waals surface area contributed by atoms with Gasteiger partial charge in [0.15, 0.2) is 23.2 Å². The topological polar surface area (TPSA) is 251 Å². The van der Waals surface area contributed by atoms with Gasteiger partial charge < -0.3 is 69.8 Å². The zero-order valence-corrected chi connectivity index (χ0v) is 32.8. The first-order chi connectivity index (χ1) is 28.9. The minimum absolute atomic E-state index is 0.144. The number of carbonyl (C=O) groups excluding carboxylic acids is 2. The Morgan fingerprint density at radius 1 is 1.07 bits per heavy atom. The minimum atomic E-state index is -2.20. The number of aliphatic hydroxyl groups is 3. The number of fused-ring (bicyclic) bond motifs is 8. The Kier molecular flexibility index (Phi) is 10.3. The van der Waals surface area contributed by atoms with Crippen LogP contribution in [-0.2, 0) is 38.4 Å². The molecule has 8 N–H and O–H groups in total. The Morgan fingerprint density at radius 3 is 2.58 bits per heavy atom. The van der Waals surface area contributed by atoms with Crippen molar-refractivity contribution in [3.05, 3.63) is 100 Å². The van der Waals surface area contributed by atoms with E-state index < -0.39 is 73.0 Å². The molecule has 10 atom stereocenters. The van der Waals surface area contributed by atoms with E-state index in [9.17, 15) is 30.0 Å². The van der Waals surface area contributed by atoms with Crippen molar-refractivity contribution < 1.29 is 68.1 Å². The molecule has 316 valence electrons. The summed E-state index contributed by atoms with van der Waals surface area (Å²) in [6, 6.07) is 15.6. The Morgan fingerprint density at radius 2 is 1.87 bits per heavy atom. The molecule has 0 radical (unpaired) electrons. The summed E-state index contributed by atoms with van der Waals surface area (Å²) in [5.74, 6) is -0.976. The molecule has 0 bridgehead atoms. The molecule has 9 rings (SSSR count). The number of methoxy groups -OCH3 is 2. The molecule has 0 aliphatic carbocycles. The van der Waals surface area contributed by atoms with E-state index in [0.717, 1.165) is 38.4 Å². The van der Waals surface area contributed by atoms with E-state index in [-0.39, 0.29) is 24.5 Å². The van der Waals surface area contributed by atoms with E-state index in [1.54, 1.807) is 26.5 Å². The zero-order chi connectivity index (χ0) is 42.0. The third kappa shape index (κ3) is 6.75. The minimum Gasteiger partial charge on any atom is -0.550 e. The van der Waals surface area contributed by atoms with Gasteiger partial charge in [-0.15, -0.1) is 0 Å². The summed E-state index contributed by atoms with van der Waals surface area (Å²) >= 11 is 0. The van der Waals surface area contributed by atoms with Crippen molar-refractivity contribution in [2.45, 2.75) is 92.8 Å². The normalized spacial score (nSPS) is 29.7. The number of carboxylic acids is 1. The summed E-state index contributed by atoms with van der Waals surface area (Å²) in [5, 5.41) is 46.3. The first kappa shape index (κ1) is 39.9. The lowest BCUT2D eigenvalue weighted by Crippen LogP contribution is -3.05. The van der Waals surface area contributed by atoms with E-state index >= 15 is 0 Å². The van der Waals surface area contributed by atoms with Gasteiger partial charge in [0, 0.05) is 40.9 Å². The fourth-order valence-corrected chi connectivity index (χ4v) is 9.50. The summed E-state index contributed by atoms with van der Waals surface area (Å²) < 4.78 is 43.6. The van der Waals surface area contributed by atoms with Gasteiger partial charge >= 0.3 is 5.97 Å². The van der Waals surface area contributed by atoms with Gasteiger partial charge in [0.05, 0.1) is 44.3 Å². The molecule has 17 heteroatoms. The molecule has 1 unspecified atom stereocenters. The van der Waals surface area contributed by atoms with Crippen LogP contribution in [0.2, 0.25) is 0 Å². The van der Waals surface area contributed by atoms with Gasteiger partial charge in [-0.2, -0.15) is 0 Å². The van der Waals surface area contributed by atoms with Crippen molar-refractivity contribution in [2.75, 3.05) is 20.8 Å². The lowest BCUT2D eigenvalue weighted by molar-refractivity contribution is -0.848. The lowest BCUT2D eigenvalue weighted by atomic mass is 9.78. The predicted octanol–water partition coefficient (Wildman–Crippen LogP) is -1.03. The highest BCUT2D eigenvalue weighted by Gasteiger charge is 2.60. The molecule has 1 fully saturated rings. The molecule has 0 spiro atoms. The molecule has 6 aliphatic heterocycles. The number of aliphatic hydroxyl groups excluding tert-OH is 2. The molecular weight excluding hydrogens is 780 g/mol. The number of carboxylic acid groups (broad SMARTS) is 1. The number of hydrogen-bond acceptors (Lipinski definition) is 16. The average molecular weight is 827 g/mol. The maximum absolute atomic E-state index is 12.4. The van der Waals surface area contributed by atoms with Crippen LogP contribution in [0.3, 0.4) is 0 Å². The van der Waals surface area contributed by atoms with Crippen LogP contribution in [0.25, 0.3) is 0 Å². The smallest absolute Gasteiger partial charge is 0.311 e. The monoisotopic (exact) mass is 826 g/mol. The number of esters is 1. The van der Waals surface area contributed by atoms with Crippen molar-refractivity contribution in [1.29, 1.82) is 0 Å². The number of quaternary nitrogens is 1. The van der Waals surface area contributed by atoms with Gasteiger partial charge in [-0.3, -0.25) is 14.7 Å². The van der Waals surface area contributed by atoms with Crippen LogP contribution in [0.15, 0.2) is 77.6 Å². The van der Waals surface area contributed by atoms with E-state index in [2.05, 4.69) is 11.2 Å². The summed E-state index contributed by atoms with van der Waals surface area (Å²) in [7, 11) is 3.14. The van der Waals surface area contributed by atoms with E-state index in [1.165, 1.54) is 0 Å². The van der Waals surface area contributed by atoms with Crippen molar-refractivity contribution in [2.24, 2.45) is 16.5 Å². The first-order valence-electron chi connectivity index (χ1n) is 19.8. The molecule has 3 aromatic carbocycles. The number of rotatable bonds is 11. The number of nitrogens with zero attached hydrogens (tertiary/aromatic N) is 1. The third-order valence-corrected chi connectivity index (χ3v) is 12.3. The summed E-state index contributed by atoms with van der Waals surface area (Å²) in [6.45, 7) is 1.04. The number of allylic oxidation sites excluding steroid dienone is 1. The average Bonchev–Trinajstić information content (AvgIpc) is 3.91.